The number of halogens is 4. The Bertz CT molecular complexity index is 422. The van der Waals surface area contributed by atoms with Gasteiger partial charge in [-0.05, 0) is 48.8 Å². The van der Waals surface area contributed by atoms with Crippen molar-refractivity contribution in [1.29, 1.82) is 0 Å². The van der Waals surface area contributed by atoms with Crippen LogP contribution in [-0.2, 0) is 6.54 Å². The van der Waals surface area contributed by atoms with Crippen LogP contribution >= 0.6 is 27.3 Å². The number of thiophene rings is 1. The standard InChI is InChI=1S/C13H20BrF3N2S/c1-12(9-18,4-3-5-13(15,16)17)19(2)7-11-6-10(14)8-20-11/h6,8H,3-5,7,9,18H2,1-2H3. The molecule has 0 aromatic carbocycles. The fraction of sp³-hybridized carbons (Fsp3) is 0.692. The van der Waals surface area contributed by atoms with E-state index in [1.54, 1.807) is 11.3 Å². The first-order valence-corrected chi connectivity index (χ1v) is 8.04. The van der Waals surface area contributed by atoms with E-state index in [0.717, 1.165) is 9.35 Å². The number of likely N-dealkylation sites (N-methyl/N-ethyl adjacent to an activating group) is 1. The molecule has 0 radical (unpaired) electrons. The second-order valence-corrected chi connectivity index (χ2v) is 7.17. The predicted molar refractivity (Wildman–Crippen MR) is 80.9 cm³/mol. The summed E-state index contributed by atoms with van der Waals surface area (Å²) < 4.78 is 37.7. The molecule has 0 spiro atoms. The van der Waals surface area contributed by atoms with Crippen molar-refractivity contribution in [1.82, 2.24) is 4.90 Å². The molecule has 0 bridgehead atoms. The number of hydrogen-bond donors (Lipinski definition) is 1. The van der Waals surface area contributed by atoms with Crippen molar-refractivity contribution in [3.63, 3.8) is 0 Å². The van der Waals surface area contributed by atoms with Crippen LogP contribution in [0.2, 0.25) is 0 Å². The first-order valence-electron chi connectivity index (χ1n) is 6.37. The van der Waals surface area contributed by atoms with E-state index >= 15 is 0 Å². The zero-order valence-electron chi connectivity index (χ0n) is 11.6. The fourth-order valence-corrected chi connectivity index (χ4v) is 3.48. The summed E-state index contributed by atoms with van der Waals surface area (Å²) in [6.45, 7) is 2.95. The summed E-state index contributed by atoms with van der Waals surface area (Å²) in [6, 6.07) is 2.02. The van der Waals surface area contributed by atoms with Gasteiger partial charge >= 0.3 is 6.18 Å². The molecule has 20 heavy (non-hydrogen) atoms. The normalized spacial score (nSPS) is 15.6. The molecule has 2 nitrogen and oxygen atoms in total. The molecule has 0 aliphatic heterocycles. The predicted octanol–water partition coefficient (Wildman–Crippen LogP) is 4.39. The largest absolute Gasteiger partial charge is 0.389 e. The number of alkyl halides is 3. The third-order valence-electron chi connectivity index (χ3n) is 3.55. The number of nitrogens with zero attached hydrogens (tertiary/aromatic N) is 1. The summed E-state index contributed by atoms with van der Waals surface area (Å²) >= 11 is 5.02. The van der Waals surface area contributed by atoms with Crippen LogP contribution in [0.5, 0.6) is 0 Å². The maximum absolute atomic E-state index is 12.2. The molecule has 2 N–H and O–H groups in total. The number of nitrogens with two attached hydrogens (primary N) is 1. The second-order valence-electron chi connectivity index (χ2n) is 5.26. The molecule has 1 heterocycles. The van der Waals surface area contributed by atoms with Crippen molar-refractivity contribution < 1.29 is 13.2 Å². The van der Waals surface area contributed by atoms with Crippen LogP contribution in [0.4, 0.5) is 13.2 Å². The molecule has 1 unspecified atom stereocenters. The highest BCUT2D eigenvalue weighted by Gasteiger charge is 2.31. The summed E-state index contributed by atoms with van der Waals surface area (Å²) in [5, 5.41) is 1.99. The van der Waals surface area contributed by atoms with Crippen LogP contribution in [0.15, 0.2) is 15.9 Å². The quantitative estimate of drug-likeness (QED) is 0.768. The van der Waals surface area contributed by atoms with Gasteiger partial charge in [0.1, 0.15) is 0 Å². The van der Waals surface area contributed by atoms with Gasteiger partial charge in [-0.3, -0.25) is 4.90 Å². The summed E-state index contributed by atoms with van der Waals surface area (Å²) in [7, 11) is 1.91. The average Bonchev–Trinajstić information content (AvgIpc) is 2.72. The highest BCUT2D eigenvalue weighted by molar-refractivity contribution is 9.10. The van der Waals surface area contributed by atoms with E-state index in [1.165, 1.54) is 0 Å². The Balaban J connectivity index is 2.57. The maximum atomic E-state index is 12.2. The SMILES string of the molecule is CN(Cc1cc(Br)cs1)C(C)(CN)CCCC(F)(F)F. The first kappa shape index (κ1) is 17.9. The third kappa shape index (κ3) is 5.71. The van der Waals surface area contributed by atoms with Gasteiger partial charge in [0, 0.05) is 39.8 Å². The Kier molecular flexibility index (Phi) is 6.50. The molecule has 0 saturated heterocycles. The van der Waals surface area contributed by atoms with Crippen molar-refractivity contribution in [3.8, 4) is 0 Å². The van der Waals surface area contributed by atoms with Crippen molar-refractivity contribution in [2.75, 3.05) is 13.6 Å². The van der Waals surface area contributed by atoms with Gasteiger partial charge in [0.05, 0.1) is 0 Å². The van der Waals surface area contributed by atoms with E-state index < -0.39 is 18.1 Å². The Morgan fingerprint density at radius 2 is 2.00 bits per heavy atom. The molecular formula is C13H20BrF3N2S. The molecule has 1 aromatic rings. The molecule has 7 heteroatoms. The van der Waals surface area contributed by atoms with Gasteiger partial charge in [0.15, 0.2) is 0 Å². The molecule has 1 rings (SSSR count). The Morgan fingerprint density at radius 1 is 1.35 bits per heavy atom. The van der Waals surface area contributed by atoms with Gasteiger partial charge < -0.3 is 5.73 Å². The molecule has 116 valence electrons. The highest BCUT2D eigenvalue weighted by atomic mass is 79.9. The van der Waals surface area contributed by atoms with Gasteiger partial charge in [0.25, 0.3) is 0 Å². The van der Waals surface area contributed by atoms with Crippen LogP contribution < -0.4 is 5.73 Å². The van der Waals surface area contributed by atoms with Crippen molar-refractivity contribution in [2.24, 2.45) is 5.73 Å². The van der Waals surface area contributed by atoms with Crippen LogP contribution in [0.1, 0.15) is 31.1 Å². The van der Waals surface area contributed by atoms with E-state index in [0.29, 0.717) is 19.5 Å². The lowest BCUT2D eigenvalue weighted by atomic mass is 9.93. The van der Waals surface area contributed by atoms with Gasteiger partial charge in [-0.15, -0.1) is 11.3 Å². The van der Waals surface area contributed by atoms with Gasteiger partial charge in [-0.25, -0.2) is 0 Å². The minimum Gasteiger partial charge on any atom is -0.329 e. The zero-order valence-corrected chi connectivity index (χ0v) is 14.0. The number of hydrogen-bond acceptors (Lipinski definition) is 3. The minimum absolute atomic E-state index is 0.107. The van der Waals surface area contributed by atoms with Crippen LogP contribution in [0, 0.1) is 0 Å². The van der Waals surface area contributed by atoms with Gasteiger partial charge in [-0.1, -0.05) is 0 Å². The van der Waals surface area contributed by atoms with Crippen LogP contribution in [0.3, 0.4) is 0 Å². The molecule has 0 fully saturated rings. The van der Waals surface area contributed by atoms with Crippen molar-refractivity contribution in [3.05, 3.63) is 20.8 Å². The summed E-state index contributed by atoms with van der Waals surface area (Å²) in [5.41, 5.74) is 5.37. The zero-order chi connectivity index (χ0) is 15.4. The molecule has 0 aliphatic rings. The molecular weight excluding hydrogens is 353 g/mol. The van der Waals surface area contributed by atoms with E-state index in [-0.39, 0.29) is 6.42 Å². The lowest BCUT2D eigenvalue weighted by molar-refractivity contribution is -0.136. The number of rotatable bonds is 7. The molecule has 0 aliphatic carbocycles. The molecule has 0 saturated carbocycles. The van der Waals surface area contributed by atoms with Crippen molar-refractivity contribution >= 4 is 27.3 Å². The summed E-state index contributed by atoms with van der Waals surface area (Å²) in [4.78, 5) is 3.21. The molecule has 0 amide bonds. The van der Waals surface area contributed by atoms with Gasteiger partial charge in [0.2, 0.25) is 0 Å². The van der Waals surface area contributed by atoms with Gasteiger partial charge in [-0.2, -0.15) is 13.2 Å². The highest BCUT2D eigenvalue weighted by Crippen LogP contribution is 2.29. The van der Waals surface area contributed by atoms with Crippen molar-refractivity contribution in [2.45, 2.75) is 44.4 Å². The van der Waals surface area contributed by atoms with E-state index in [9.17, 15) is 13.2 Å². The molecule has 1 aromatic heterocycles. The lowest BCUT2D eigenvalue weighted by Gasteiger charge is -2.38. The second kappa shape index (κ2) is 7.24. The topological polar surface area (TPSA) is 29.3 Å². The first-order chi connectivity index (χ1) is 9.16. The van der Waals surface area contributed by atoms with E-state index in [2.05, 4.69) is 15.9 Å². The Morgan fingerprint density at radius 3 is 2.45 bits per heavy atom. The van der Waals surface area contributed by atoms with Crippen LogP contribution in [-0.4, -0.2) is 30.2 Å². The molecule has 1 atom stereocenters. The Hall–Kier alpha value is -0.110. The monoisotopic (exact) mass is 372 g/mol. The lowest BCUT2D eigenvalue weighted by Crippen LogP contribution is -2.49. The summed E-state index contributed by atoms with van der Waals surface area (Å²) in [6.07, 6.45) is -4.30. The average molecular weight is 373 g/mol. The minimum atomic E-state index is -4.09. The third-order valence-corrected chi connectivity index (χ3v) is 5.23. The van der Waals surface area contributed by atoms with E-state index in [4.69, 9.17) is 5.73 Å². The van der Waals surface area contributed by atoms with E-state index in [1.807, 2.05) is 30.3 Å². The van der Waals surface area contributed by atoms with Crippen LogP contribution in [0.25, 0.3) is 0 Å². The summed E-state index contributed by atoms with van der Waals surface area (Å²) in [5.74, 6) is 0. The Labute approximate surface area is 130 Å². The maximum Gasteiger partial charge on any atom is 0.389 e. The smallest absolute Gasteiger partial charge is 0.329 e. The fourth-order valence-electron chi connectivity index (χ4n) is 1.98.